The van der Waals surface area contributed by atoms with Gasteiger partial charge < -0.3 is 15.2 Å². The highest BCUT2D eigenvalue weighted by molar-refractivity contribution is 5.31. The van der Waals surface area contributed by atoms with E-state index in [-0.39, 0.29) is 6.10 Å². The summed E-state index contributed by atoms with van der Waals surface area (Å²) < 4.78 is 5.78. The third kappa shape index (κ3) is 4.72. The molecule has 6 nitrogen and oxygen atoms in total. The SMILES string of the molecule is OC(CN1CCOC(CNc2cccnn2)C1)c1ccccc1. The van der Waals surface area contributed by atoms with Crippen LogP contribution < -0.4 is 5.32 Å². The largest absolute Gasteiger partial charge is 0.387 e. The van der Waals surface area contributed by atoms with Crippen molar-refractivity contribution in [2.75, 3.05) is 38.1 Å². The van der Waals surface area contributed by atoms with Crippen molar-refractivity contribution in [1.82, 2.24) is 15.1 Å². The summed E-state index contributed by atoms with van der Waals surface area (Å²) in [6.07, 6.45) is 1.26. The second-order valence-electron chi connectivity index (χ2n) is 5.67. The maximum absolute atomic E-state index is 10.4. The van der Waals surface area contributed by atoms with Crippen LogP contribution in [0.3, 0.4) is 0 Å². The molecule has 2 unspecified atom stereocenters. The quantitative estimate of drug-likeness (QED) is 0.838. The molecular formula is C17H22N4O2. The summed E-state index contributed by atoms with van der Waals surface area (Å²) in [5, 5.41) is 21.4. The number of aliphatic hydroxyl groups excluding tert-OH is 1. The van der Waals surface area contributed by atoms with Crippen molar-refractivity contribution in [2.24, 2.45) is 0 Å². The van der Waals surface area contributed by atoms with E-state index in [1.807, 2.05) is 42.5 Å². The predicted octanol–water partition coefficient (Wildman–Crippen LogP) is 1.32. The molecule has 1 aliphatic heterocycles. The predicted molar refractivity (Wildman–Crippen MR) is 88.1 cm³/mol. The van der Waals surface area contributed by atoms with Gasteiger partial charge in [-0.3, -0.25) is 4.90 Å². The first kappa shape index (κ1) is 15.9. The average Bonchev–Trinajstić information content (AvgIpc) is 2.62. The van der Waals surface area contributed by atoms with Gasteiger partial charge in [0.15, 0.2) is 0 Å². The fourth-order valence-corrected chi connectivity index (χ4v) is 2.71. The van der Waals surface area contributed by atoms with Crippen molar-refractivity contribution in [3.63, 3.8) is 0 Å². The van der Waals surface area contributed by atoms with Gasteiger partial charge in [-0.1, -0.05) is 30.3 Å². The van der Waals surface area contributed by atoms with Crippen molar-refractivity contribution in [3.8, 4) is 0 Å². The highest BCUT2D eigenvalue weighted by atomic mass is 16.5. The van der Waals surface area contributed by atoms with E-state index in [0.29, 0.717) is 19.7 Å². The molecule has 0 spiro atoms. The Morgan fingerprint density at radius 3 is 2.91 bits per heavy atom. The first-order valence-electron chi connectivity index (χ1n) is 7.90. The molecule has 2 heterocycles. The van der Waals surface area contributed by atoms with E-state index in [9.17, 15) is 5.11 Å². The van der Waals surface area contributed by atoms with E-state index in [2.05, 4.69) is 20.4 Å². The fourth-order valence-electron chi connectivity index (χ4n) is 2.71. The number of nitrogens with zero attached hydrogens (tertiary/aromatic N) is 3. The third-order valence-corrected chi connectivity index (χ3v) is 3.92. The number of hydrogen-bond acceptors (Lipinski definition) is 6. The second-order valence-corrected chi connectivity index (χ2v) is 5.67. The highest BCUT2D eigenvalue weighted by Gasteiger charge is 2.22. The molecular weight excluding hydrogens is 292 g/mol. The Bertz CT molecular complexity index is 582. The number of β-amino-alcohol motifs (C(OH)–C–C–N with tert-alkyl or cyclic N) is 1. The van der Waals surface area contributed by atoms with E-state index >= 15 is 0 Å². The molecule has 2 N–H and O–H groups in total. The van der Waals surface area contributed by atoms with Crippen LogP contribution >= 0.6 is 0 Å². The Balaban J connectivity index is 1.48. The summed E-state index contributed by atoms with van der Waals surface area (Å²) >= 11 is 0. The first-order chi connectivity index (χ1) is 11.3. The van der Waals surface area contributed by atoms with Crippen LogP contribution in [0.25, 0.3) is 0 Å². The molecule has 6 heteroatoms. The molecule has 1 saturated heterocycles. The van der Waals surface area contributed by atoms with Gasteiger partial charge in [0.25, 0.3) is 0 Å². The molecule has 2 aromatic rings. The average molecular weight is 314 g/mol. The van der Waals surface area contributed by atoms with Gasteiger partial charge in [0.05, 0.1) is 18.8 Å². The van der Waals surface area contributed by atoms with Crippen LogP contribution in [0.5, 0.6) is 0 Å². The minimum absolute atomic E-state index is 0.0775. The Kier molecular flexibility index (Phi) is 5.52. The summed E-state index contributed by atoms with van der Waals surface area (Å²) in [6.45, 7) is 3.60. The van der Waals surface area contributed by atoms with Crippen LogP contribution in [-0.4, -0.2) is 59.1 Å². The Morgan fingerprint density at radius 1 is 1.26 bits per heavy atom. The molecule has 0 radical (unpaired) electrons. The number of aromatic nitrogens is 2. The van der Waals surface area contributed by atoms with Crippen molar-refractivity contribution in [1.29, 1.82) is 0 Å². The van der Waals surface area contributed by atoms with Crippen LogP contribution in [0, 0.1) is 0 Å². The van der Waals surface area contributed by atoms with Crippen molar-refractivity contribution in [2.45, 2.75) is 12.2 Å². The molecule has 122 valence electrons. The zero-order chi connectivity index (χ0) is 15.9. The molecule has 2 atom stereocenters. The normalized spacial score (nSPS) is 20.1. The lowest BCUT2D eigenvalue weighted by Crippen LogP contribution is -2.46. The zero-order valence-electron chi connectivity index (χ0n) is 13.0. The van der Waals surface area contributed by atoms with Crippen LogP contribution in [0.15, 0.2) is 48.7 Å². The molecule has 1 fully saturated rings. The minimum Gasteiger partial charge on any atom is -0.387 e. The third-order valence-electron chi connectivity index (χ3n) is 3.92. The summed E-state index contributed by atoms with van der Waals surface area (Å²) in [5.74, 6) is 0.748. The molecule has 0 bridgehead atoms. The lowest BCUT2D eigenvalue weighted by molar-refractivity contribution is -0.0344. The minimum atomic E-state index is -0.470. The van der Waals surface area contributed by atoms with Gasteiger partial charge in [0.2, 0.25) is 0 Å². The Morgan fingerprint density at radius 2 is 2.13 bits per heavy atom. The maximum atomic E-state index is 10.4. The van der Waals surface area contributed by atoms with Gasteiger partial charge in [-0.05, 0) is 17.7 Å². The maximum Gasteiger partial charge on any atom is 0.148 e. The standard InChI is InChI=1S/C17H22N4O2/c22-16(14-5-2-1-3-6-14)13-21-9-10-23-15(12-21)11-18-17-7-4-8-19-20-17/h1-8,15-16,22H,9-13H2,(H,18,20). The molecule has 0 saturated carbocycles. The topological polar surface area (TPSA) is 70.5 Å². The molecule has 0 amide bonds. The van der Waals surface area contributed by atoms with Gasteiger partial charge in [-0.2, -0.15) is 5.10 Å². The fraction of sp³-hybridized carbons (Fsp3) is 0.412. The Hall–Kier alpha value is -2.02. The molecule has 1 aromatic heterocycles. The van der Waals surface area contributed by atoms with Gasteiger partial charge in [0, 0.05) is 32.4 Å². The van der Waals surface area contributed by atoms with Gasteiger partial charge in [-0.25, -0.2) is 0 Å². The molecule has 0 aliphatic carbocycles. The van der Waals surface area contributed by atoms with E-state index in [1.54, 1.807) is 6.20 Å². The van der Waals surface area contributed by atoms with E-state index in [0.717, 1.165) is 24.5 Å². The molecule has 1 aromatic carbocycles. The number of hydrogen-bond donors (Lipinski definition) is 2. The first-order valence-corrected chi connectivity index (χ1v) is 7.90. The van der Waals surface area contributed by atoms with E-state index in [1.165, 1.54) is 0 Å². The Labute approximate surface area is 136 Å². The lowest BCUT2D eigenvalue weighted by Gasteiger charge is -2.34. The summed E-state index contributed by atoms with van der Waals surface area (Å²) in [7, 11) is 0. The summed E-state index contributed by atoms with van der Waals surface area (Å²) in [4.78, 5) is 2.24. The summed E-state index contributed by atoms with van der Waals surface area (Å²) in [6, 6.07) is 13.5. The van der Waals surface area contributed by atoms with Gasteiger partial charge in [0.1, 0.15) is 5.82 Å². The number of nitrogens with one attached hydrogen (secondary N) is 1. The van der Waals surface area contributed by atoms with Crippen molar-refractivity contribution >= 4 is 5.82 Å². The number of ether oxygens (including phenoxy) is 1. The van der Waals surface area contributed by atoms with Crippen molar-refractivity contribution < 1.29 is 9.84 Å². The number of anilines is 1. The van der Waals surface area contributed by atoms with E-state index < -0.39 is 6.10 Å². The van der Waals surface area contributed by atoms with Crippen LogP contribution in [-0.2, 0) is 4.74 Å². The van der Waals surface area contributed by atoms with Crippen LogP contribution in [0.2, 0.25) is 0 Å². The van der Waals surface area contributed by atoms with Crippen molar-refractivity contribution in [3.05, 3.63) is 54.2 Å². The van der Waals surface area contributed by atoms with E-state index in [4.69, 9.17) is 4.74 Å². The smallest absolute Gasteiger partial charge is 0.148 e. The molecule has 3 rings (SSSR count). The molecule has 23 heavy (non-hydrogen) atoms. The second kappa shape index (κ2) is 8.01. The van der Waals surface area contributed by atoms with Gasteiger partial charge in [-0.15, -0.1) is 5.10 Å². The zero-order valence-corrected chi connectivity index (χ0v) is 13.0. The lowest BCUT2D eigenvalue weighted by atomic mass is 10.1. The van der Waals surface area contributed by atoms with Gasteiger partial charge >= 0.3 is 0 Å². The highest BCUT2D eigenvalue weighted by Crippen LogP contribution is 2.16. The monoisotopic (exact) mass is 314 g/mol. The number of aliphatic hydroxyl groups is 1. The molecule has 1 aliphatic rings. The number of benzene rings is 1. The van der Waals surface area contributed by atoms with Crippen LogP contribution in [0.4, 0.5) is 5.82 Å². The number of rotatable bonds is 6. The number of morpholine rings is 1. The van der Waals surface area contributed by atoms with Crippen LogP contribution in [0.1, 0.15) is 11.7 Å². The summed E-state index contributed by atoms with van der Waals surface area (Å²) in [5.41, 5.74) is 0.952.